The highest BCUT2D eigenvalue weighted by Gasteiger charge is 2.43. The summed E-state index contributed by atoms with van der Waals surface area (Å²) in [7, 11) is 5.66. The third-order valence-electron chi connectivity index (χ3n) is 6.70. The van der Waals surface area contributed by atoms with Crippen molar-refractivity contribution in [2.75, 3.05) is 34.3 Å². The van der Waals surface area contributed by atoms with Gasteiger partial charge in [0.2, 0.25) is 17.6 Å². The van der Waals surface area contributed by atoms with Crippen molar-refractivity contribution in [2.24, 2.45) is 11.8 Å². The van der Waals surface area contributed by atoms with Gasteiger partial charge in [0.15, 0.2) is 0 Å². The van der Waals surface area contributed by atoms with Gasteiger partial charge in [-0.15, -0.1) is 0 Å². The summed E-state index contributed by atoms with van der Waals surface area (Å²) < 4.78 is 10.6. The monoisotopic (exact) mass is 428 g/mol. The largest absolute Gasteiger partial charge is 0.497 e. The van der Waals surface area contributed by atoms with Crippen LogP contribution in [0.25, 0.3) is 11.4 Å². The molecule has 2 aromatic rings. The van der Waals surface area contributed by atoms with Crippen LogP contribution in [0.2, 0.25) is 0 Å². The number of ether oxygens (including phenoxy) is 1. The Morgan fingerprint density at radius 1 is 1.29 bits per heavy atom. The number of aromatic nitrogens is 2. The fourth-order valence-electron chi connectivity index (χ4n) is 4.95. The number of rotatable bonds is 7. The van der Waals surface area contributed by atoms with Gasteiger partial charge in [-0.05, 0) is 57.3 Å². The van der Waals surface area contributed by atoms with Crippen LogP contribution >= 0.6 is 0 Å². The molecule has 1 saturated heterocycles. The Balaban J connectivity index is 1.26. The minimum absolute atomic E-state index is 0.179. The fraction of sp³-hybridized carbons (Fsp3) is 0.609. The van der Waals surface area contributed by atoms with Crippen LogP contribution in [0.4, 0.5) is 0 Å². The second kappa shape index (κ2) is 9.36. The van der Waals surface area contributed by atoms with Crippen LogP contribution in [0.15, 0.2) is 28.8 Å². The van der Waals surface area contributed by atoms with Crippen molar-refractivity contribution in [3.05, 3.63) is 30.2 Å². The molecule has 0 unspecified atom stereocenters. The first-order chi connectivity index (χ1) is 14.9. The molecule has 168 valence electrons. The first-order valence-corrected chi connectivity index (χ1v) is 11.0. The maximum atomic E-state index is 12.7. The Morgan fingerprint density at radius 3 is 2.81 bits per heavy atom. The molecule has 1 N–H and O–H groups in total. The van der Waals surface area contributed by atoms with E-state index in [9.17, 15) is 9.90 Å². The van der Waals surface area contributed by atoms with Gasteiger partial charge in [0.1, 0.15) is 5.75 Å². The molecule has 0 spiro atoms. The van der Waals surface area contributed by atoms with Crippen LogP contribution in [0.5, 0.6) is 5.75 Å². The zero-order valence-corrected chi connectivity index (χ0v) is 18.5. The Labute approximate surface area is 183 Å². The van der Waals surface area contributed by atoms with Gasteiger partial charge in [0, 0.05) is 37.5 Å². The molecule has 1 aliphatic heterocycles. The fourth-order valence-corrected chi connectivity index (χ4v) is 4.95. The molecule has 2 heterocycles. The zero-order chi connectivity index (χ0) is 22.0. The molecule has 1 amide bonds. The van der Waals surface area contributed by atoms with Gasteiger partial charge in [-0.2, -0.15) is 4.98 Å². The number of methoxy groups -OCH3 is 1. The number of hydrogen-bond donors (Lipinski definition) is 1. The normalized spacial score (nSPS) is 25.6. The Hall–Kier alpha value is -2.45. The van der Waals surface area contributed by atoms with Crippen molar-refractivity contribution in [3.8, 4) is 17.1 Å². The smallest absolute Gasteiger partial charge is 0.226 e. The number of nitrogens with zero attached hydrogens (tertiary/aromatic N) is 4. The molecule has 31 heavy (non-hydrogen) atoms. The molecular weight excluding hydrogens is 396 g/mol. The molecule has 1 aromatic heterocycles. The lowest BCUT2D eigenvalue weighted by molar-refractivity contribution is -0.130. The molecule has 1 saturated carbocycles. The third-order valence-corrected chi connectivity index (χ3v) is 6.70. The highest BCUT2D eigenvalue weighted by atomic mass is 16.5. The third kappa shape index (κ3) is 4.91. The van der Waals surface area contributed by atoms with E-state index in [-0.39, 0.29) is 18.1 Å². The molecule has 8 heteroatoms. The number of amides is 1. The van der Waals surface area contributed by atoms with Gasteiger partial charge < -0.3 is 24.2 Å². The van der Waals surface area contributed by atoms with E-state index in [1.165, 1.54) is 0 Å². The van der Waals surface area contributed by atoms with E-state index in [1.807, 2.05) is 43.3 Å². The quantitative estimate of drug-likeness (QED) is 0.723. The average Bonchev–Trinajstić information content (AvgIpc) is 3.40. The van der Waals surface area contributed by atoms with E-state index < -0.39 is 0 Å². The number of aryl methyl sites for hydroxylation is 1. The first-order valence-electron chi connectivity index (χ1n) is 11.0. The zero-order valence-electron chi connectivity index (χ0n) is 18.5. The summed E-state index contributed by atoms with van der Waals surface area (Å²) in [5, 5.41) is 14.5. The van der Waals surface area contributed by atoms with Crippen molar-refractivity contribution in [3.63, 3.8) is 0 Å². The summed E-state index contributed by atoms with van der Waals surface area (Å²) in [6, 6.07) is 7.71. The van der Waals surface area contributed by atoms with Crippen molar-refractivity contribution in [2.45, 2.75) is 44.2 Å². The SMILES string of the molecule is COc1cccc(-c2noc(CCCC(=O)N3C[C@H]4C[C@@H](N(C)C)[C@H](O)C[C@H]4C3)n2)c1. The minimum Gasteiger partial charge on any atom is -0.497 e. The number of likely N-dealkylation sites (N-methyl/N-ethyl adjacent to an activating group) is 1. The van der Waals surface area contributed by atoms with Crippen molar-refractivity contribution < 1.29 is 19.2 Å². The van der Waals surface area contributed by atoms with E-state index in [0.29, 0.717) is 42.8 Å². The van der Waals surface area contributed by atoms with E-state index >= 15 is 0 Å². The summed E-state index contributed by atoms with van der Waals surface area (Å²) in [5.74, 6) is 2.89. The lowest BCUT2D eigenvalue weighted by atomic mass is 9.77. The summed E-state index contributed by atoms with van der Waals surface area (Å²) >= 11 is 0. The second-order valence-corrected chi connectivity index (χ2v) is 8.99. The molecule has 4 atom stereocenters. The summed E-state index contributed by atoms with van der Waals surface area (Å²) in [5.41, 5.74) is 0.836. The molecule has 2 fully saturated rings. The highest BCUT2D eigenvalue weighted by Crippen LogP contribution is 2.38. The van der Waals surface area contributed by atoms with E-state index in [1.54, 1.807) is 7.11 Å². The maximum Gasteiger partial charge on any atom is 0.226 e. The van der Waals surface area contributed by atoms with Crippen LogP contribution in [-0.2, 0) is 11.2 Å². The summed E-state index contributed by atoms with van der Waals surface area (Å²) in [4.78, 5) is 21.3. The van der Waals surface area contributed by atoms with Gasteiger partial charge in [0.25, 0.3) is 0 Å². The molecule has 1 aliphatic carbocycles. The molecule has 0 radical (unpaired) electrons. The van der Waals surface area contributed by atoms with Gasteiger partial charge >= 0.3 is 0 Å². The Kier molecular flexibility index (Phi) is 6.57. The van der Waals surface area contributed by atoms with Crippen LogP contribution < -0.4 is 4.74 Å². The van der Waals surface area contributed by atoms with E-state index in [4.69, 9.17) is 9.26 Å². The molecule has 8 nitrogen and oxygen atoms in total. The summed E-state index contributed by atoms with van der Waals surface area (Å²) in [6.45, 7) is 1.57. The number of likely N-dealkylation sites (tertiary alicyclic amines) is 1. The molecular formula is C23H32N4O4. The van der Waals surface area contributed by atoms with Gasteiger partial charge in [-0.1, -0.05) is 17.3 Å². The predicted octanol–water partition coefficient (Wildman–Crippen LogP) is 2.23. The predicted molar refractivity (Wildman–Crippen MR) is 115 cm³/mol. The molecule has 4 rings (SSSR count). The number of carbonyl (C=O) groups excluding carboxylic acids is 1. The van der Waals surface area contributed by atoms with E-state index in [2.05, 4.69) is 15.0 Å². The average molecular weight is 429 g/mol. The Morgan fingerprint density at radius 2 is 2.06 bits per heavy atom. The highest BCUT2D eigenvalue weighted by molar-refractivity contribution is 5.76. The Bertz CT molecular complexity index is 899. The minimum atomic E-state index is -0.303. The molecule has 2 aliphatic rings. The van der Waals surface area contributed by atoms with Crippen LogP contribution in [0, 0.1) is 11.8 Å². The standard InChI is InChI=1S/C23H32N4O4/c1-26(2)19-11-16-13-27(14-17(16)12-20(19)28)22(29)9-5-8-21-24-23(25-31-21)15-6-4-7-18(10-15)30-3/h4,6-7,10,16-17,19-20,28H,5,8-9,11-14H2,1-3H3/t16-,17+,19-,20-/m1/s1. The number of aliphatic hydroxyl groups is 1. The van der Waals surface area contributed by atoms with Gasteiger partial charge in [0.05, 0.1) is 13.2 Å². The maximum absolute atomic E-state index is 12.7. The van der Waals surface area contributed by atoms with Crippen LogP contribution in [0.3, 0.4) is 0 Å². The number of hydrogen-bond acceptors (Lipinski definition) is 7. The van der Waals surface area contributed by atoms with Gasteiger partial charge in [-0.25, -0.2) is 0 Å². The second-order valence-electron chi connectivity index (χ2n) is 8.99. The summed E-state index contributed by atoms with van der Waals surface area (Å²) in [6.07, 6.45) is 3.15. The number of fused-ring (bicyclic) bond motifs is 1. The number of carbonyl (C=O) groups is 1. The number of aliphatic hydroxyl groups excluding tert-OH is 1. The topological polar surface area (TPSA) is 91.9 Å². The molecule has 0 bridgehead atoms. The van der Waals surface area contributed by atoms with Crippen LogP contribution in [-0.4, -0.2) is 77.4 Å². The number of benzene rings is 1. The van der Waals surface area contributed by atoms with Crippen molar-refractivity contribution in [1.82, 2.24) is 19.9 Å². The van der Waals surface area contributed by atoms with E-state index in [0.717, 1.165) is 37.2 Å². The lowest BCUT2D eigenvalue weighted by Gasteiger charge is -2.38. The van der Waals surface area contributed by atoms with Crippen molar-refractivity contribution >= 4 is 5.91 Å². The van der Waals surface area contributed by atoms with Crippen LogP contribution in [0.1, 0.15) is 31.6 Å². The first kappa shape index (κ1) is 21.8. The van der Waals surface area contributed by atoms with Crippen molar-refractivity contribution in [1.29, 1.82) is 0 Å². The molecule has 1 aromatic carbocycles. The van der Waals surface area contributed by atoms with Gasteiger partial charge in [-0.3, -0.25) is 4.79 Å². The lowest BCUT2D eigenvalue weighted by Crippen LogP contribution is -2.46.